The maximum atomic E-state index is 14.8. The van der Waals surface area contributed by atoms with Gasteiger partial charge in [0.2, 0.25) is 5.95 Å². The lowest BCUT2D eigenvalue weighted by molar-refractivity contribution is 0.0238. The van der Waals surface area contributed by atoms with E-state index < -0.39 is 11.6 Å². The second-order valence-corrected chi connectivity index (χ2v) is 11.6. The van der Waals surface area contributed by atoms with Gasteiger partial charge < -0.3 is 29.7 Å². The van der Waals surface area contributed by atoms with Gasteiger partial charge in [-0.05, 0) is 81.7 Å². The smallest absolute Gasteiger partial charge is 0.255 e. The Labute approximate surface area is 256 Å². The van der Waals surface area contributed by atoms with Crippen LogP contribution >= 0.6 is 0 Å². The number of ether oxygens (including phenoxy) is 3. The molecule has 9 nitrogen and oxygen atoms in total. The highest BCUT2D eigenvalue weighted by atomic mass is 19.1. The molecule has 0 unspecified atom stereocenters. The van der Waals surface area contributed by atoms with Crippen LogP contribution in [0.25, 0.3) is 11.3 Å². The highest BCUT2D eigenvalue weighted by Gasteiger charge is 2.28. The molecule has 0 aliphatic carbocycles. The lowest BCUT2D eigenvalue weighted by Gasteiger charge is -2.39. The molecule has 0 saturated carbocycles. The summed E-state index contributed by atoms with van der Waals surface area (Å²) in [5.74, 6) is -0.653. The van der Waals surface area contributed by atoms with Crippen molar-refractivity contribution in [2.24, 2.45) is 0 Å². The summed E-state index contributed by atoms with van der Waals surface area (Å²) in [7, 11) is 0. The number of rotatable bonds is 3. The second-order valence-electron chi connectivity index (χ2n) is 11.6. The van der Waals surface area contributed by atoms with Gasteiger partial charge in [0.05, 0.1) is 25.0 Å². The molecule has 0 spiro atoms. The Kier molecular flexibility index (Phi) is 9.82. The van der Waals surface area contributed by atoms with Crippen LogP contribution < -0.4 is 20.1 Å². The fraction of sp³-hybridized carbons (Fsp3) is 0.485. The van der Waals surface area contributed by atoms with Crippen LogP contribution in [-0.4, -0.2) is 72.4 Å². The summed E-state index contributed by atoms with van der Waals surface area (Å²) in [6, 6.07) is 10.1. The minimum Gasteiger partial charge on any atom is -0.493 e. The molecule has 3 aliphatic rings. The highest BCUT2D eigenvalue weighted by Crippen LogP contribution is 2.30. The van der Waals surface area contributed by atoms with Gasteiger partial charge in [-0.25, -0.2) is 18.7 Å². The molecule has 2 saturated heterocycles. The van der Waals surface area contributed by atoms with Crippen LogP contribution in [0.4, 0.5) is 20.4 Å². The molecule has 44 heavy (non-hydrogen) atoms. The van der Waals surface area contributed by atoms with Gasteiger partial charge in [0.15, 0.2) is 17.4 Å². The van der Waals surface area contributed by atoms with Crippen LogP contribution in [0.1, 0.15) is 61.7 Å². The average Bonchev–Trinajstić information content (AvgIpc) is 3.04. The van der Waals surface area contributed by atoms with E-state index in [1.54, 1.807) is 18.2 Å². The lowest BCUT2D eigenvalue weighted by Crippen LogP contribution is -2.49. The van der Waals surface area contributed by atoms with Gasteiger partial charge in [-0.3, -0.25) is 4.79 Å². The Morgan fingerprint density at radius 2 is 1.61 bits per heavy atom. The number of nitrogens with one attached hydrogen (secondary N) is 2. The summed E-state index contributed by atoms with van der Waals surface area (Å²) in [5.41, 5.74) is 1.44. The minimum absolute atomic E-state index is 0.0174. The van der Waals surface area contributed by atoms with E-state index in [9.17, 15) is 13.6 Å². The molecule has 0 radical (unpaired) electrons. The topological polar surface area (TPSA) is 97.8 Å². The van der Waals surface area contributed by atoms with Crippen LogP contribution in [0.3, 0.4) is 0 Å². The van der Waals surface area contributed by atoms with Gasteiger partial charge in [-0.1, -0.05) is 0 Å². The summed E-state index contributed by atoms with van der Waals surface area (Å²) < 4.78 is 46.5. The first kappa shape index (κ1) is 30.2. The van der Waals surface area contributed by atoms with E-state index >= 15 is 0 Å². The molecule has 234 valence electrons. The fourth-order valence-electron chi connectivity index (χ4n) is 6.07. The number of piperidine rings is 1. The van der Waals surface area contributed by atoms with Crippen LogP contribution in [-0.2, 0) is 4.74 Å². The quantitative estimate of drug-likeness (QED) is 0.382. The number of carbonyl (C=O) groups excluding carboxylic acids is 1. The van der Waals surface area contributed by atoms with Gasteiger partial charge in [0.25, 0.3) is 5.91 Å². The monoisotopic (exact) mass is 607 g/mol. The largest absolute Gasteiger partial charge is 0.493 e. The van der Waals surface area contributed by atoms with Crippen molar-refractivity contribution in [3.05, 3.63) is 59.8 Å². The Hall–Kier alpha value is -3.83. The number of amides is 1. The number of hydrogen-bond acceptors (Lipinski definition) is 8. The van der Waals surface area contributed by atoms with Crippen molar-refractivity contribution in [2.45, 2.75) is 63.5 Å². The Morgan fingerprint density at radius 1 is 0.864 bits per heavy atom. The number of halogens is 2. The van der Waals surface area contributed by atoms with E-state index in [-0.39, 0.29) is 29.3 Å². The molecule has 0 atom stereocenters. The number of fused-ring (bicyclic) bond motifs is 7. The molecular weight excluding hydrogens is 568 g/mol. The number of hydrogen-bond donors (Lipinski definition) is 2. The van der Waals surface area contributed by atoms with Gasteiger partial charge in [0.1, 0.15) is 11.4 Å². The van der Waals surface area contributed by atoms with Gasteiger partial charge in [-0.2, -0.15) is 0 Å². The third-order valence-corrected chi connectivity index (χ3v) is 8.56. The van der Waals surface area contributed by atoms with Crippen molar-refractivity contribution < 1.29 is 27.8 Å². The predicted octanol–water partition coefficient (Wildman–Crippen LogP) is 5.87. The molecule has 11 heteroatoms. The number of likely N-dealkylation sites (tertiary alicyclic amines) is 1. The first-order valence-corrected chi connectivity index (χ1v) is 15.7. The Bertz CT molecular complexity index is 1440. The zero-order valence-electron chi connectivity index (χ0n) is 24.8. The van der Waals surface area contributed by atoms with Crippen LogP contribution in [0.5, 0.6) is 11.5 Å². The average molecular weight is 608 g/mol. The van der Waals surface area contributed by atoms with Crippen molar-refractivity contribution in [3.63, 3.8) is 0 Å². The van der Waals surface area contributed by atoms with Crippen LogP contribution in [0, 0.1) is 11.6 Å². The third-order valence-electron chi connectivity index (χ3n) is 8.56. The first-order chi connectivity index (χ1) is 21.5. The second kappa shape index (κ2) is 14.3. The number of aromatic nitrogens is 2. The van der Waals surface area contributed by atoms with Crippen molar-refractivity contribution in [2.75, 3.05) is 44.8 Å². The molecule has 6 rings (SSSR count). The van der Waals surface area contributed by atoms with Crippen molar-refractivity contribution in [1.82, 2.24) is 20.2 Å². The summed E-state index contributed by atoms with van der Waals surface area (Å²) in [6.07, 6.45) is 8.31. The van der Waals surface area contributed by atoms with E-state index in [0.29, 0.717) is 41.8 Å². The molecular formula is C33H39F2N5O4. The maximum Gasteiger partial charge on any atom is 0.255 e. The predicted molar refractivity (Wildman–Crippen MR) is 162 cm³/mol. The summed E-state index contributed by atoms with van der Waals surface area (Å²) in [6.45, 7) is 4.35. The summed E-state index contributed by atoms with van der Waals surface area (Å²) in [5, 5.41) is 6.33. The SMILES string of the molecule is O=C(NC1CCN(C2CCOCC2)CC1)c1ccc2cc1OCCCCCCOc1cc(ccc1F)-c1nc(ncc1F)N2. The van der Waals surface area contributed by atoms with E-state index in [4.69, 9.17) is 14.2 Å². The van der Waals surface area contributed by atoms with E-state index in [1.165, 1.54) is 18.2 Å². The molecule has 6 bridgehead atoms. The molecule has 2 N–H and O–H groups in total. The number of nitrogens with zero attached hydrogens (tertiary/aromatic N) is 3. The maximum absolute atomic E-state index is 14.8. The van der Waals surface area contributed by atoms with E-state index in [0.717, 1.165) is 83.9 Å². The molecule has 3 aromatic rings. The van der Waals surface area contributed by atoms with Crippen molar-refractivity contribution in [1.29, 1.82) is 0 Å². The Balaban J connectivity index is 1.19. The fourth-order valence-corrected chi connectivity index (χ4v) is 6.07. The highest BCUT2D eigenvalue weighted by molar-refractivity contribution is 5.97. The van der Waals surface area contributed by atoms with Crippen molar-refractivity contribution >= 4 is 17.5 Å². The summed E-state index contributed by atoms with van der Waals surface area (Å²) >= 11 is 0. The van der Waals surface area contributed by atoms with Crippen LogP contribution in [0.15, 0.2) is 42.6 Å². The third kappa shape index (κ3) is 7.44. The molecule has 1 aromatic heterocycles. The van der Waals surface area contributed by atoms with Crippen LogP contribution in [0.2, 0.25) is 0 Å². The zero-order chi connectivity index (χ0) is 30.3. The van der Waals surface area contributed by atoms with Gasteiger partial charge in [0, 0.05) is 55.7 Å². The first-order valence-electron chi connectivity index (χ1n) is 15.7. The van der Waals surface area contributed by atoms with Gasteiger partial charge in [-0.15, -0.1) is 0 Å². The standard InChI is InChI=1S/C33H39F2N5O4/c34-27-8-5-22-19-30(27)44-16-4-2-1-3-15-43-29-20-24(38-33-36-21-28(35)31(22)39-33)6-7-26(29)32(41)37-23-9-13-40(14-10-23)25-11-17-42-18-12-25/h5-8,19-21,23,25H,1-4,9-18H2,(H,37,41)(H,36,38,39). The number of carbonyl (C=O) groups is 1. The number of anilines is 2. The summed E-state index contributed by atoms with van der Waals surface area (Å²) in [4.78, 5) is 24.5. The molecule has 2 fully saturated rings. The van der Waals surface area contributed by atoms with E-state index in [1.807, 2.05) is 0 Å². The lowest BCUT2D eigenvalue weighted by atomic mass is 9.99. The van der Waals surface area contributed by atoms with Crippen molar-refractivity contribution in [3.8, 4) is 22.8 Å². The Morgan fingerprint density at radius 3 is 2.39 bits per heavy atom. The zero-order valence-corrected chi connectivity index (χ0v) is 24.8. The molecule has 1 amide bonds. The van der Waals surface area contributed by atoms with E-state index in [2.05, 4.69) is 25.5 Å². The van der Waals surface area contributed by atoms with Gasteiger partial charge >= 0.3 is 0 Å². The minimum atomic E-state index is -0.642. The molecule has 3 aliphatic heterocycles. The normalized spacial score (nSPS) is 19.0. The molecule has 2 aromatic carbocycles. The molecule has 4 heterocycles. The number of benzene rings is 2.